The van der Waals surface area contributed by atoms with Gasteiger partial charge in [-0.2, -0.15) is 0 Å². The van der Waals surface area contributed by atoms with Crippen molar-refractivity contribution in [3.8, 4) is 11.5 Å². The van der Waals surface area contributed by atoms with Crippen molar-refractivity contribution in [3.63, 3.8) is 0 Å². The largest absolute Gasteiger partial charge is 0.486 e. The van der Waals surface area contributed by atoms with Gasteiger partial charge in [-0.1, -0.05) is 12.1 Å². The summed E-state index contributed by atoms with van der Waals surface area (Å²) < 4.78 is 10.8. The molecule has 0 radical (unpaired) electrons. The van der Waals surface area contributed by atoms with Crippen molar-refractivity contribution in [3.05, 3.63) is 69.8 Å². The normalized spacial score (nSPS) is 13.0. The van der Waals surface area contributed by atoms with E-state index in [2.05, 4.69) is 0 Å². The fraction of sp³-hybridized carbons (Fsp3) is 0.118. The van der Waals surface area contributed by atoms with Crippen LogP contribution in [0, 0.1) is 10.1 Å². The van der Waals surface area contributed by atoms with Crippen LogP contribution in [-0.4, -0.2) is 23.9 Å². The van der Waals surface area contributed by atoms with E-state index in [4.69, 9.17) is 9.47 Å². The molecule has 0 N–H and O–H groups in total. The molecule has 0 saturated heterocycles. The minimum Gasteiger partial charge on any atom is -0.486 e. The molecule has 0 aliphatic carbocycles. The van der Waals surface area contributed by atoms with Gasteiger partial charge in [0.1, 0.15) is 13.2 Å². The zero-order chi connectivity index (χ0) is 16.2. The summed E-state index contributed by atoms with van der Waals surface area (Å²) >= 11 is 0. The molecule has 6 nitrogen and oxygen atoms in total. The van der Waals surface area contributed by atoms with E-state index >= 15 is 0 Å². The van der Waals surface area contributed by atoms with Gasteiger partial charge in [0, 0.05) is 11.6 Å². The van der Waals surface area contributed by atoms with Crippen LogP contribution < -0.4 is 9.47 Å². The molecule has 3 rings (SSSR count). The van der Waals surface area contributed by atoms with Crippen molar-refractivity contribution in [2.75, 3.05) is 13.2 Å². The topological polar surface area (TPSA) is 78.7 Å². The van der Waals surface area contributed by atoms with Gasteiger partial charge in [0.2, 0.25) is 0 Å². The van der Waals surface area contributed by atoms with E-state index in [1.165, 1.54) is 18.2 Å². The number of ketones is 1. The molecule has 2 aromatic rings. The zero-order valence-electron chi connectivity index (χ0n) is 12.1. The summed E-state index contributed by atoms with van der Waals surface area (Å²) in [4.78, 5) is 22.7. The van der Waals surface area contributed by atoms with Gasteiger partial charge in [-0.05, 0) is 36.4 Å². The lowest BCUT2D eigenvalue weighted by molar-refractivity contribution is -0.385. The van der Waals surface area contributed by atoms with Crippen LogP contribution in [0.5, 0.6) is 11.5 Å². The van der Waals surface area contributed by atoms with Crippen LogP contribution in [0.15, 0.2) is 48.5 Å². The van der Waals surface area contributed by atoms with Crippen LogP contribution in [0.1, 0.15) is 15.9 Å². The second-order valence-electron chi connectivity index (χ2n) is 4.87. The van der Waals surface area contributed by atoms with E-state index < -0.39 is 4.92 Å². The second kappa shape index (κ2) is 6.31. The van der Waals surface area contributed by atoms with E-state index in [0.717, 1.165) is 0 Å². The minimum absolute atomic E-state index is 0.0428. The maximum Gasteiger partial charge on any atom is 0.276 e. The average Bonchev–Trinajstić information content (AvgIpc) is 2.59. The summed E-state index contributed by atoms with van der Waals surface area (Å²) in [5, 5.41) is 11.0. The van der Waals surface area contributed by atoms with Crippen LogP contribution >= 0.6 is 0 Å². The van der Waals surface area contributed by atoms with Gasteiger partial charge in [0.25, 0.3) is 5.69 Å². The highest BCUT2D eigenvalue weighted by molar-refractivity contribution is 6.07. The van der Waals surface area contributed by atoms with Gasteiger partial charge in [-0.15, -0.1) is 0 Å². The number of carbonyl (C=O) groups is 1. The Morgan fingerprint density at radius 3 is 2.61 bits per heavy atom. The number of rotatable bonds is 4. The molecule has 0 unspecified atom stereocenters. The fourth-order valence-corrected chi connectivity index (χ4v) is 2.25. The van der Waals surface area contributed by atoms with Crippen LogP contribution in [0.3, 0.4) is 0 Å². The second-order valence-corrected chi connectivity index (χ2v) is 4.87. The molecular formula is C17H13NO5. The number of hydrogen-bond donors (Lipinski definition) is 0. The van der Waals surface area contributed by atoms with Gasteiger partial charge in [-0.3, -0.25) is 14.9 Å². The number of hydrogen-bond acceptors (Lipinski definition) is 5. The fourth-order valence-electron chi connectivity index (χ4n) is 2.25. The van der Waals surface area contributed by atoms with Gasteiger partial charge in [-0.25, -0.2) is 0 Å². The molecule has 0 bridgehead atoms. The smallest absolute Gasteiger partial charge is 0.276 e. The maximum atomic E-state index is 12.2. The lowest BCUT2D eigenvalue weighted by Crippen LogP contribution is -2.15. The molecule has 0 saturated carbocycles. The molecule has 116 valence electrons. The van der Waals surface area contributed by atoms with Crippen LogP contribution in [0.25, 0.3) is 6.08 Å². The van der Waals surface area contributed by atoms with Gasteiger partial charge < -0.3 is 9.47 Å². The number of fused-ring (bicyclic) bond motifs is 1. The van der Waals surface area contributed by atoms with Crippen molar-refractivity contribution < 1.29 is 19.2 Å². The Bertz CT molecular complexity index is 797. The zero-order valence-corrected chi connectivity index (χ0v) is 12.1. The van der Waals surface area contributed by atoms with Gasteiger partial charge in [0.05, 0.1) is 10.5 Å². The SMILES string of the molecule is O=C(/C=C/c1ccccc1[N+](=O)[O-])c1ccc2c(c1)OCCO2. The Morgan fingerprint density at radius 2 is 1.83 bits per heavy atom. The van der Waals surface area contributed by atoms with E-state index in [1.54, 1.807) is 36.4 Å². The number of nitro benzene ring substituents is 1. The lowest BCUT2D eigenvalue weighted by atomic mass is 10.1. The van der Waals surface area contributed by atoms with Crippen molar-refractivity contribution in [1.82, 2.24) is 0 Å². The van der Waals surface area contributed by atoms with Crippen LogP contribution in [0.2, 0.25) is 0 Å². The van der Waals surface area contributed by atoms with Crippen molar-refractivity contribution in [2.24, 2.45) is 0 Å². The van der Waals surface area contributed by atoms with E-state index in [-0.39, 0.29) is 11.5 Å². The monoisotopic (exact) mass is 311 g/mol. The first-order valence-electron chi connectivity index (χ1n) is 7.00. The first-order valence-corrected chi connectivity index (χ1v) is 7.00. The third-order valence-corrected chi connectivity index (χ3v) is 3.37. The number of ether oxygens (including phenoxy) is 2. The Morgan fingerprint density at radius 1 is 1.09 bits per heavy atom. The third kappa shape index (κ3) is 3.21. The molecule has 0 fully saturated rings. The molecule has 1 aliphatic heterocycles. The quantitative estimate of drug-likeness (QED) is 0.375. The molecule has 0 amide bonds. The molecule has 0 atom stereocenters. The molecule has 6 heteroatoms. The summed E-state index contributed by atoms with van der Waals surface area (Å²) in [6.07, 6.45) is 2.75. The Labute approximate surface area is 132 Å². The summed E-state index contributed by atoms with van der Waals surface area (Å²) in [7, 11) is 0. The third-order valence-electron chi connectivity index (χ3n) is 3.37. The predicted molar refractivity (Wildman–Crippen MR) is 83.9 cm³/mol. The lowest BCUT2D eigenvalue weighted by Gasteiger charge is -2.18. The molecule has 0 spiro atoms. The molecule has 2 aromatic carbocycles. The molecule has 1 aliphatic rings. The highest BCUT2D eigenvalue weighted by Crippen LogP contribution is 2.31. The van der Waals surface area contributed by atoms with Crippen molar-refractivity contribution in [2.45, 2.75) is 0 Å². The van der Waals surface area contributed by atoms with Crippen LogP contribution in [-0.2, 0) is 0 Å². The van der Waals surface area contributed by atoms with E-state index in [0.29, 0.717) is 35.8 Å². The molecule has 23 heavy (non-hydrogen) atoms. The number of benzene rings is 2. The first kappa shape index (κ1) is 14.8. The Kier molecular flexibility index (Phi) is 4.05. The van der Waals surface area contributed by atoms with Gasteiger partial charge in [0.15, 0.2) is 17.3 Å². The average molecular weight is 311 g/mol. The highest BCUT2D eigenvalue weighted by Gasteiger charge is 2.14. The van der Waals surface area contributed by atoms with Crippen molar-refractivity contribution >= 4 is 17.5 Å². The molecular weight excluding hydrogens is 298 g/mol. The van der Waals surface area contributed by atoms with E-state index in [9.17, 15) is 14.9 Å². The van der Waals surface area contributed by atoms with Gasteiger partial charge >= 0.3 is 0 Å². The highest BCUT2D eigenvalue weighted by atomic mass is 16.6. The Balaban J connectivity index is 1.83. The summed E-state index contributed by atoms with van der Waals surface area (Å²) in [6, 6.07) is 11.2. The van der Waals surface area contributed by atoms with Crippen LogP contribution in [0.4, 0.5) is 5.69 Å². The molecule has 0 aromatic heterocycles. The standard InChI is InChI=1S/C17H13NO5/c19-15(7-5-12-3-1-2-4-14(12)18(20)21)13-6-8-16-17(11-13)23-10-9-22-16/h1-8,11H,9-10H2/b7-5+. The molecule has 1 heterocycles. The first-order chi connectivity index (χ1) is 11.1. The number of nitrogens with zero attached hydrogens (tertiary/aromatic N) is 1. The summed E-state index contributed by atoms with van der Waals surface area (Å²) in [5.41, 5.74) is 0.770. The summed E-state index contributed by atoms with van der Waals surface area (Å²) in [5.74, 6) is 0.872. The van der Waals surface area contributed by atoms with Crippen molar-refractivity contribution in [1.29, 1.82) is 0 Å². The minimum atomic E-state index is -0.478. The predicted octanol–water partition coefficient (Wildman–Crippen LogP) is 3.26. The number of nitro groups is 1. The Hall–Kier alpha value is -3.15. The number of para-hydroxylation sites is 1. The number of carbonyl (C=O) groups excluding carboxylic acids is 1. The maximum absolute atomic E-state index is 12.2. The number of allylic oxidation sites excluding steroid dienone is 1. The summed E-state index contributed by atoms with van der Waals surface area (Å²) in [6.45, 7) is 0.925. The van der Waals surface area contributed by atoms with E-state index in [1.807, 2.05) is 0 Å².